The van der Waals surface area contributed by atoms with Crippen LogP contribution in [0, 0.1) is 19.7 Å². The van der Waals surface area contributed by atoms with E-state index in [4.69, 9.17) is 16.6 Å². The first-order chi connectivity index (χ1) is 13.4. The topological polar surface area (TPSA) is 49.0 Å². The third-order valence-electron chi connectivity index (χ3n) is 5.24. The van der Waals surface area contributed by atoms with Crippen LogP contribution in [-0.4, -0.2) is 21.4 Å². The smallest absolute Gasteiger partial charge is 0.254 e. The van der Waals surface area contributed by atoms with Gasteiger partial charge in [-0.15, -0.1) is 0 Å². The molecule has 0 saturated carbocycles. The molecule has 0 bridgehead atoms. The van der Waals surface area contributed by atoms with Gasteiger partial charge in [0, 0.05) is 36.3 Å². The molecule has 0 saturated heterocycles. The van der Waals surface area contributed by atoms with E-state index >= 15 is 0 Å². The highest BCUT2D eigenvalue weighted by Crippen LogP contribution is 2.27. The highest BCUT2D eigenvalue weighted by Gasteiger charge is 2.23. The molecule has 3 aromatic rings. The van der Waals surface area contributed by atoms with Crippen molar-refractivity contribution in [3.63, 3.8) is 0 Å². The van der Waals surface area contributed by atoms with Gasteiger partial charge in [0.1, 0.15) is 11.6 Å². The number of aromatic nitrogens is 2. The Labute approximate surface area is 168 Å². The van der Waals surface area contributed by atoms with E-state index < -0.39 is 0 Å². The number of hydrogen-bond acceptors (Lipinski definition) is 3. The van der Waals surface area contributed by atoms with Crippen molar-refractivity contribution in [1.82, 2.24) is 14.9 Å². The Morgan fingerprint density at radius 2 is 1.93 bits per heavy atom. The minimum absolute atomic E-state index is 0.0972. The Hall–Kier alpha value is -2.50. The Morgan fingerprint density at radius 3 is 2.68 bits per heavy atom. The van der Waals surface area contributed by atoms with E-state index in [1.54, 1.807) is 6.07 Å². The van der Waals surface area contributed by atoms with E-state index in [0.29, 0.717) is 48.0 Å². The lowest BCUT2D eigenvalue weighted by Crippen LogP contribution is -2.35. The molecular formula is C22H21ClFN3O. The molecule has 2 aromatic carbocycles. The summed E-state index contributed by atoms with van der Waals surface area (Å²) in [6.45, 7) is 5.42. The average Bonchev–Trinajstić information content (AvgIpc) is 2.68. The van der Waals surface area contributed by atoms with Crippen molar-refractivity contribution in [3.8, 4) is 11.4 Å². The molecule has 0 aliphatic carbocycles. The Bertz CT molecular complexity index is 1090. The first kappa shape index (κ1) is 18.8. The standard InChI is InChI=1S/C22H21ClFN3O/c1-13-3-6-15(7-4-13)21-25-19-12-27(10-9-16(19)22(28)26-21)11-17-18(24)8-5-14(2)20(17)23/h3-8H,9-12H2,1-2H3,(H,25,26,28). The van der Waals surface area contributed by atoms with Crippen LogP contribution < -0.4 is 5.56 Å². The van der Waals surface area contributed by atoms with Crippen LogP contribution in [-0.2, 0) is 19.5 Å². The second-order valence-corrected chi connectivity index (χ2v) is 7.70. The zero-order valence-corrected chi connectivity index (χ0v) is 16.6. The van der Waals surface area contributed by atoms with Crippen LogP contribution in [0.5, 0.6) is 0 Å². The van der Waals surface area contributed by atoms with Gasteiger partial charge in [0.05, 0.1) is 10.7 Å². The van der Waals surface area contributed by atoms with Gasteiger partial charge in [-0.1, -0.05) is 47.5 Å². The lowest BCUT2D eigenvalue weighted by atomic mass is 10.0. The summed E-state index contributed by atoms with van der Waals surface area (Å²) in [5.74, 6) is 0.256. The van der Waals surface area contributed by atoms with E-state index in [2.05, 4.69) is 9.88 Å². The molecule has 1 aromatic heterocycles. The Morgan fingerprint density at radius 1 is 1.18 bits per heavy atom. The number of aryl methyl sites for hydroxylation is 2. The Kier molecular flexibility index (Phi) is 5.04. The summed E-state index contributed by atoms with van der Waals surface area (Å²) in [5.41, 5.74) is 4.72. The zero-order chi connectivity index (χ0) is 19.8. The van der Waals surface area contributed by atoms with Crippen LogP contribution in [0.1, 0.15) is 27.9 Å². The van der Waals surface area contributed by atoms with Gasteiger partial charge in [-0.3, -0.25) is 9.69 Å². The maximum absolute atomic E-state index is 14.3. The van der Waals surface area contributed by atoms with Gasteiger partial charge in [0.2, 0.25) is 0 Å². The summed E-state index contributed by atoms with van der Waals surface area (Å²) < 4.78 is 14.3. The van der Waals surface area contributed by atoms with Gasteiger partial charge in [-0.25, -0.2) is 9.37 Å². The highest BCUT2D eigenvalue weighted by atomic mass is 35.5. The van der Waals surface area contributed by atoms with Gasteiger partial charge >= 0.3 is 0 Å². The first-order valence-corrected chi connectivity index (χ1v) is 9.65. The molecule has 6 heteroatoms. The van der Waals surface area contributed by atoms with Crippen LogP contribution in [0.3, 0.4) is 0 Å². The van der Waals surface area contributed by atoms with Crippen LogP contribution in [0.15, 0.2) is 41.2 Å². The molecule has 0 unspecified atom stereocenters. The summed E-state index contributed by atoms with van der Waals surface area (Å²) in [6, 6.07) is 11.0. The minimum Gasteiger partial charge on any atom is -0.306 e. The van der Waals surface area contributed by atoms with Crippen LogP contribution in [0.2, 0.25) is 5.02 Å². The molecular weight excluding hydrogens is 377 g/mol. The minimum atomic E-state index is -0.305. The van der Waals surface area contributed by atoms with Gasteiger partial charge in [-0.05, 0) is 31.9 Å². The number of rotatable bonds is 3. The van der Waals surface area contributed by atoms with Gasteiger partial charge < -0.3 is 4.98 Å². The van der Waals surface area contributed by atoms with Crippen molar-refractivity contribution in [2.24, 2.45) is 0 Å². The fourth-order valence-electron chi connectivity index (χ4n) is 3.56. The van der Waals surface area contributed by atoms with Crippen LogP contribution in [0.4, 0.5) is 4.39 Å². The number of hydrogen-bond donors (Lipinski definition) is 1. The maximum Gasteiger partial charge on any atom is 0.254 e. The van der Waals surface area contributed by atoms with Crippen molar-refractivity contribution >= 4 is 11.6 Å². The first-order valence-electron chi connectivity index (χ1n) is 9.27. The predicted octanol–water partition coefficient (Wildman–Crippen LogP) is 4.40. The fourth-order valence-corrected chi connectivity index (χ4v) is 3.77. The van der Waals surface area contributed by atoms with Crippen molar-refractivity contribution in [1.29, 1.82) is 0 Å². The van der Waals surface area contributed by atoms with Crippen molar-refractivity contribution in [2.75, 3.05) is 6.54 Å². The van der Waals surface area contributed by atoms with Crippen molar-refractivity contribution in [2.45, 2.75) is 33.4 Å². The summed E-state index contributed by atoms with van der Waals surface area (Å²) in [5, 5.41) is 0.463. The number of fused-ring (bicyclic) bond motifs is 1. The average molecular weight is 398 g/mol. The van der Waals surface area contributed by atoms with E-state index in [0.717, 1.165) is 22.4 Å². The number of benzene rings is 2. The van der Waals surface area contributed by atoms with Crippen molar-refractivity contribution in [3.05, 3.63) is 85.5 Å². The molecule has 1 aliphatic rings. The molecule has 0 amide bonds. The fraction of sp³-hybridized carbons (Fsp3) is 0.273. The van der Waals surface area contributed by atoms with Crippen LogP contribution >= 0.6 is 11.6 Å². The normalized spacial score (nSPS) is 14.1. The summed E-state index contributed by atoms with van der Waals surface area (Å²) >= 11 is 6.32. The molecule has 1 aliphatic heterocycles. The molecule has 0 atom stereocenters. The lowest BCUT2D eigenvalue weighted by molar-refractivity contribution is 0.237. The van der Waals surface area contributed by atoms with E-state index in [1.165, 1.54) is 6.07 Å². The second kappa shape index (κ2) is 7.49. The monoisotopic (exact) mass is 397 g/mol. The summed E-state index contributed by atoms with van der Waals surface area (Å²) in [4.78, 5) is 22.2. The third kappa shape index (κ3) is 3.60. The maximum atomic E-state index is 14.3. The molecule has 144 valence electrons. The molecule has 4 rings (SSSR count). The number of nitrogens with one attached hydrogen (secondary N) is 1. The van der Waals surface area contributed by atoms with Crippen molar-refractivity contribution < 1.29 is 4.39 Å². The lowest BCUT2D eigenvalue weighted by Gasteiger charge is -2.28. The summed E-state index contributed by atoms with van der Waals surface area (Å²) in [6.07, 6.45) is 0.580. The third-order valence-corrected chi connectivity index (χ3v) is 5.76. The molecule has 0 radical (unpaired) electrons. The van der Waals surface area contributed by atoms with E-state index in [9.17, 15) is 9.18 Å². The Balaban J connectivity index is 1.64. The number of H-pyrrole nitrogens is 1. The van der Waals surface area contributed by atoms with E-state index in [-0.39, 0.29) is 11.4 Å². The van der Waals surface area contributed by atoms with E-state index in [1.807, 2.05) is 38.1 Å². The largest absolute Gasteiger partial charge is 0.306 e. The molecule has 4 nitrogen and oxygen atoms in total. The van der Waals surface area contributed by atoms with Crippen LogP contribution in [0.25, 0.3) is 11.4 Å². The number of halogens is 2. The zero-order valence-electron chi connectivity index (χ0n) is 15.9. The molecule has 1 N–H and O–H groups in total. The number of nitrogens with zero attached hydrogens (tertiary/aromatic N) is 2. The number of aromatic amines is 1. The quantitative estimate of drug-likeness (QED) is 0.712. The molecule has 2 heterocycles. The van der Waals surface area contributed by atoms with Gasteiger partial charge in [-0.2, -0.15) is 0 Å². The van der Waals surface area contributed by atoms with Gasteiger partial charge in [0.25, 0.3) is 5.56 Å². The highest BCUT2D eigenvalue weighted by molar-refractivity contribution is 6.32. The predicted molar refractivity (Wildman–Crippen MR) is 109 cm³/mol. The molecule has 0 fully saturated rings. The van der Waals surface area contributed by atoms with Gasteiger partial charge in [0.15, 0.2) is 0 Å². The summed E-state index contributed by atoms with van der Waals surface area (Å²) in [7, 11) is 0. The molecule has 0 spiro atoms. The second-order valence-electron chi connectivity index (χ2n) is 7.32. The molecule has 28 heavy (non-hydrogen) atoms. The SMILES string of the molecule is Cc1ccc(-c2nc3c(c(=O)[nH]2)CCN(Cc2c(F)ccc(C)c2Cl)C3)cc1.